The highest BCUT2D eigenvalue weighted by molar-refractivity contribution is 6.08. The second-order valence-electron chi connectivity index (χ2n) is 6.33. The molecule has 0 aliphatic carbocycles. The summed E-state index contributed by atoms with van der Waals surface area (Å²) in [5, 5.41) is 11.6. The number of Topliss-reactive ketones (excluding diaryl/α,β-unsaturated/α-hetero) is 1. The molecule has 23 heavy (non-hydrogen) atoms. The van der Waals surface area contributed by atoms with Gasteiger partial charge in [-0.3, -0.25) is 9.59 Å². The van der Waals surface area contributed by atoms with Gasteiger partial charge in [0.25, 0.3) is 0 Å². The topological polar surface area (TPSA) is 88.4 Å². The highest BCUT2D eigenvalue weighted by Crippen LogP contribution is 2.24. The standard InChI is InChI=1S/C17H19NO5/c1-10(19)13-8-18(9-15(20)23-17(2,3)4)14-7-11(16(21)22)5-6-12(13)14/h5-8H,9H2,1-4H3,(H,21,22)/p-1. The predicted molar refractivity (Wildman–Crippen MR) is 82.1 cm³/mol. The lowest BCUT2D eigenvalue weighted by molar-refractivity contribution is -0.255. The lowest BCUT2D eigenvalue weighted by Crippen LogP contribution is -2.26. The molecule has 0 spiro atoms. The number of benzene rings is 1. The number of carboxylic acid groups (broad SMARTS) is 1. The van der Waals surface area contributed by atoms with Crippen LogP contribution in [0, 0.1) is 0 Å². The van der Waals surface area contributed by atoms with Crippen LogP contribution in [0.5, 0.6) is 0 Å². The van der Waals surface area contributed by atoms with E-state index in [1.54, 1.807) is 26.8 Å². The van der Waals surface area contributed by atoms with Gasteiger partial charge in [-0.2, -0.15) is 0 Å². The summed E-state index contributed by atoms with van der Waals surface area (Å²) in [5.74, 6) is -1.95. The molecule has 0 aliphatic heterocycles. The number of rotatable bonds is 4. The summed E-state index contributed by atoms with van der Waals surface area (Å²) in [6, 6.07) is 4.31. The van der Waals surface area contributed by atoms with E-state index in [1.165, 1.54) is 29.8 Å². The maximum absolute atomic E-state index is 12.0. The average Bonchev–Trinajstić information content (AvgIpc) is 2.74. The third kappa shape index (κ3) is 3.77. The molecule has 122 valence electrons. The van der Waals surface area contributed by atoms with Crippen molar-refractivity contribution in [1.82, 2.24) is 4.57 Å². The van der Waals surface area contributed by atoms with Crippen LogP contribution >= 0.6 is 0 Å². The Morgan fingerprint density at radius 2 is 1.87 bits per heavy atom. The molecule has 0 aliphatic rings. The van der Waals surface area contributed by atoms with Crippen molar-refractivity contribution in [2.45, 2.75) is 39.8 Å². The first-order valence-electron chi connectivity index (χ1n) is 7.15. The van der Waals surface area contributed by atoms with Gasteiger partial charge in [0.05, 0.1) is 5.97 Å². The maximum Gasteiger partial charge on any atom is 0.326 e. The highest BCUT2D eigenvalue weighted by Gasteiger charge is 2.19. The molecule has 0 bridgehead atoms. The van der Waals surface area contributed by atoms with Crippen LogP contribution < -0.4 is 5.11 Å². The minimum absolute atomic E-state index is 0.0175. The van der Waals surface area contributed by atoms with Crippen molar-refractivity contribution in [2.75, 3.05) is 0 Å². The molecule has 0 amide bonds. The van der Waals surface area contributed by atoms with Crippen LogP contribution in [0.2, 0.25) is 0 Å². The van der Waals surface area contributed by atoms with Crippen LogP contribution in [0.25, 0.3) is 10.9 Å². The van der Waals surface area contributed by atoms with Gasteiger partial charge >= 0.3 is 5.97 Å². The van der Waals surface area contributed by atoms with Crippen molar-refractivity contribution in [3.05, 3.63) is 35.5 Å². The van der Waals surface area contributed by atoms with E-state index < -0.39 is 17.5 Å². The van der Waals surface area contributed by atoms with E-state index in [9.17, 15) is 19.5 Å². The van der Waals surface area contributed by atoms with E-state index in [0.717, 1.165) is 0 Å². The average molecular weight is 316 g/mol. The molecule has 6 nitrogen and oxygen atoms in total. The summed E-state index contributed by atoms with van der Waals surface area (Å²) in [4.78, 5) is 34.8. The van der Waals surface area contributed by atoms with Crippen LogP contribution in [0.15, 0.2) is 24.4 Å². The molecule has 1 aromatic heterocycles. The fraction of sp³-hybridized carbons (Fsp3) is 0.353. The second kappa shape index (κ2) is 5.87. The van der Waals surface area contributed by atoms with Crippen molar-refractivity contribution in [3.8, 4) is 0 Å². The summed E-state index contributed by atoms with van der Waals surface area (Å²) in [6.45, 7) is 6.58. The number of aromatic carboxylic acids is 1. The van der Waals surface area contributed by atoms with Gasteiger partial charge in [-0.25, -0.2) is 0 Å². The number of nitrogens with zero attached hydrogens (tertiary/aromatic N) is 1. The molecule has 2 rings (SSSR count). The normalized spacial score (nSPS) is 11.5. The van der Waals surface area contributed by atoms with Gasteiger partial charge in [0.15, 0.2) is 5.78 Å². The summed E-state index contributed by atoms with van der Waals surface area (Å²) < 4.78 is 6.79. The summed E-state index contributed by atoms with van der Waals surface area (Å²) in [7, 11) is 0. The Balaban J connectivity index is 2.49. The minimum Gasteiger partial charge on any atom is -0.545 e. The molecule has 0 saturated heterocycles. The Kier molecular flexibility index (Phi) is 4.27. The lowest BCUT2D eigenvalue weighted by atomic mass is 10.1. The number of hydrogen-bond donors (Lipinski definition) is 0. The molecule has 1 heterocycles. The molecule has 0 fully saturated rings. The number of esters is 1. The number of carboxylic acids is 1. The quantitative estimate of drug-likeness (QED) is 0.631. The summed E-state index contributed by atoms with van der Waals surface area (Å²) in [6.07, 6.45) is 1.54. The maximum atomic E-state index is 12.0. The third-order valence-electron chi connectivity index (χ3n) is 3.22. The van der Waals surface area contributed by atoms with Gasteiger partial charge in [0, 0.05) is 22.7 Å². The van der Waals surface area contributed by atoms with E-state index >= 15 is 0 Å². The largest absolute Gasteiger partial charge is 0.545 e. The van der Waals surface area contributed by atoms with Gasteiger partial charge < -0.3 is 19.2 Å². The third-order valence-corrected chi connectivity index (χ3v) is 3.22. The number of carbonyl (C=O) groups excluding carboxylic acids is 3. The van der Waals surface area contributed by atoms with Crippen LogP contribution in [0.3, 0.4) is 0 Å². The van der Waals surface area contributed by atoms with E-state index in [-0.39, 0.29) is 17.9 Å². The Hall–Kier alpha value is -2.63. The zero-order valence-electron chi connectivity index (χ0n) is 13.5. The Morgan fingerprint density at radius 1 is 1.22 bits per heavy atom. The van der Waals surface area contributed by atoms with Gasteiger partial charge in [-0.05, 0) is 39.3 Å². The minimum atomic E-state index is -1.32. The fourth-order valence-electron chi connectivity index (χ4n) is 2.34. The number of aromatic nitrogens is 1. The smallest absolute Gasteiger partial charge is 0.326 e. The molecular weight excluding hydrogens is 298 g/mol. The first kappa shape index (κ1) is 16.7. The first-order chi connectivity index (χ1) is 10.6. The molecule has 2 aromatic rings. The van der Waals surface area contributed by atoms with E-state index in [2.05, 4.69) is 0 Å². The Labute approximate surface area is 133 Å². The monoisotopic (exact) mass is 316 g/mol. The Morgan fingerprint density at radius 3 is 2.39 bits per heavy atom. The van der Waals surface area contributed by atoms with Gasteiger partial charge in [-0.15, -0.1) is 0 Å². The van der Waals surface area contributed by atoms with Gasteiger partial charge in [0.2, 0.25) is 0 Å². The lowest BCUT2D eigenvalue weighted by Gasteiger charge is -2.19. The van der Waals surface area contributed by atoms with Gasteiger partial charge in [-0.1, -0.05) is 12.1 Å². The molecule has 0 radical (unpaired) electrons. The van der Waals surface area contributed by atoms with E-state index in [0.29, 0.717) is 16.5 Å². The predicted octanol–water partition coefficient (Wildman–Crippen LogP) is 1.55. The number of ketones is 1. The molecule has 0 unspecified atom stereocenters. The molecule has 1 aromatic carbocycles. The number of hydrogen-bond acceptors (Lipinski definition) is 5. The molecule has 6 heteroatoms. The van der Waals surface area contributed by atoms with Crippen LogP contribution in [0.4, 0.5) is 0 Å². The highest BCUT2D eigenvalue weighted by atomic mass is 16.6. The van der Waals surface area contributed by atoms with Crippen molar-refractivity contribution in [3.63, 3.8) is 0 Å². The zero-order valence-corrected chi connectivity index (χ0v) is 13.5. The number of fused-ring (bicyclic) bond motifs is 1. The zero-order chi connectivity index (χ0) is 17.4. The van der Waals surface area contributed by atoms with Crippen molar-refractivity contribution >= 4 is 28.6 Å². The molecule has 0 N–H and O–H groups in total. The molecule has 0 saturated carbocycles. The Bertz CT molecular complexity index is 795. The summed E-state index contributed by atoms with van der Waals surface area (Å²) >= 11 is 0. The fourth-order valence-corrected chi connectivity index (χ4v) is 2.34. The van der Waals surface area contributed by atoms with Gasteiger partial charge in [0.1, 0.15) is 12.1 Å². The van der Waals surface area contributed by atoms with Crippen LogP contribution in [0.1, 0.15) is 48.4 Å². The van der Waals surface area contributed by atoms with Crippen molar-refractivity contribution < 1.29 is 24.2 Å². The van der Waals surface area contributed by atoms with Crippen molar-refractivity contribution in [2.24, 2.45) is 0 Å². The van der Waals surface area contributed by atoms with Crippen LogP contribution in [-0.4, -0.2) is 27.9 Å². The second-order valence-corrected chi connectivity index (χ2v) is 6.33. The molecule has 0 atom stereocenters. The SMILES string of the molecule is CC(=O)c1cn(CC(=O)OC(C)(C)C)c2cc(C(=O)[O-])ccc12. The van der Waals surface area contributed by atoms with E-state index in [1.807, 2.05) is 0 Å². The molecular formula is C17H18NO5-. The first-order valence-corrected chi connectivity index (χ1v) is 7.15. The van der Waals surface area contributed by atoms with Crippen molar-refractivity contribution in [1.29, 1.82) is 0 Å². The number of ether oxygens (including phenoxy) is 1. The summed E-state index contributed by atoms with van der Waals surface area (Å²) in [5.41, 5.74) is 0.256. The van der Waals surface area contributed by atoms with Crippen LogP contribution in [-0.2, 0) is 16.1 Å². The number of carbonyl (C=O) groups is 3. The van der Waals surface area contributed by atoms with E-state index in [4.69, 9.17) is 4.74 Å².